The fraction of sp³-hybridized carbons (Fsp3) is 0.321. The summed E-state index contributed by atoms with van der Waals surface area (Å²) in [6.07, 6.45) is 3.47. The second-order valence-electron chi connectivity index (χ2n) is 10.0. The van der Waals surface area contributed by atoms with Gasteiger partial charge in [0.15, 0.2) is 0 Å². The quantitative estimate of drug-likeness (QED) is 0.461. The standard InChI is InChI=1S/C28H28FN5O2/c1-17-4-6-19(7-5-17)28(10-11-28)32(3)26(35)21-15-30-34-13-12-33(16-25(21)34)27(36)24-14-20-18(2)22(29)8-9-23(20)31-24/h4-9,14-15,31H,10-13,16H2,1-3H3. The third kappa shape index (κ3) is 3.43. The zero-order valence-electron chi connectivity index (χ0n) is 20.6. The first-order chi connectivity index (χ1) is 17.3. The number of amides is 2. The van der Waals surface area contributed by atoms with Gasteiger partial charge >= 0.3 is 0 Å². The molecule has 0 saturated heterocycles. The first-order valence-corrected chi connectivity index (χ1v) is 12.3. The van der Waals surface area contributed by atoms with Crippen LogP contribution >= 0.6 is 0 Å². The van der Waals surface area contributed by atoms with Gasteiger partial charge in [-0.2, -0.15) is 5.10 Å². The molecule has 0 bridgehead atoms. The molecule has 7 nitrogen and oxygen atoms in total. The summed E-state index contributed by atoms with van der Waals surface area (Å²) in [6, 6.07) is 13.1. The van der Waals surface area contributed by atoms with Crippen LogP contribution in [0.25, 0.3) is 10.9 Å². The van der Waals surface area contributed by atoms with Crippen LogP contribution in [0.2, 0.25) is 0 Å². The van der Waals surface area contributed by atoms with Gasteiger partial charge in [-0.15, -0.1) is 0 Å². The number of hydrogen-bond donors (Lipinski definition) is 1. The number of carbonyl (C=O) groups is 2. The molecule has 3 heterocycles. The van der Waals surface area contributed by atoms with Crippen LogP contribution in [0.1, 0.15) is 56.1 Å². The molecule has 36 heavy (non-hydrogen) atoms. The molecule has 1 aliphatic heterocycles. The number of carbonyl (C=O) groups excluding carboxylic acids is 2. The highest BCUT2D eigenvalue weighted by molar-refractivity contribution is 5.99. The van der Waals surface area contributed by atoms with Gasteiger partial charge in [-0.25, -0.2) is 4.39 Å². The molecule has 8 heteroatoms. The van der Waals surface area contributed by atoms with Crippen LogP contribution in [0.5, 0.6) is 0 Å². The summed E-state index contributed by atoms with van der Waals surface area (Å²) >= 11 is 0. The van der Waals surface area contributed by atoms with E-state index >= 15 is 0 Å². The normalized spacial score (nSPS) is 16.2. The van der Waals surface area contributed by atoms with Crippen LogP contribution in [0, 0.1) is 19.7 Å². The van der Waals surface area contributed by atoms with Crippen LogP contribution in [0.4, 0.5) is 4.39 Å². The number of aromatic nitrogens is 3. The van der Waals surface area contributed by atoms with Crippen LogP contribution in [0.15, 0.2) is 48.7 Å². The Morgan fingerprint density at radius 1 is 1.08 bits per heavy atom. The summed E-state index contributed by atoms with van der Waals surface area (Å²) in [5.41, 5.74) is 4.96. The van der Waals surface area contributed by atoms with E-state index in [0.717, 1.165) is 29.6 Å². The lowest BCUT2D eigenvalue weighted by molar-refractivity contribution is 0.0670. The van der Waals surface area contributed by atoms with Gasteiger partial charge in [0, 0.05) is 24.5 Å². The van der Waals surface area contributed by atoms with Gasteiger partial charge in [-0.05, 0) is 56.0 Å². The van der Waals surface area contributed by atoms with E-state index in [1.54, 1.807) is 30.2 Å². The van der Waals surface area contributed by atoms with E-state index in [1.165, 1.54) is 11.6 Å². The molecule has 2 aromatic heterocycles. The topological polar surface area (TPSA) is 74.2 Å². The van der Waals surface area contributed by atoms with Gasteiger partial charge in [0.1, 0.15) is 11.5 Å². The van der Waals surface area contributed by atoms with Crippen molar-refractivity contribution in [3.05, 3.63) is 88.1 Å². The number of aromatic amines is 1. The van der Waals surface area contributed by atoms with E-state index in [1.807, 2.05) is 16.6 Å². The average molecular weight is 486 g/mol. The van der Waals surface area contributed by atoms with Crippen molar-refractivity contribution in [3.8, 4) is 0 Å². The second kappa shape index (κ2) is 8.05. The predicted octanol–water partition coefficient (Wildman–Crippen LogP) is 4.54. The fourth-order valence-electron chi connectivity index (χ4n) is 5.38. The molecule has 6 rings (SSSR count). The number of nitrogens with zero attached hydrogens (tertiary/aromatic N) is 4. The number of H-pyrrole nitrogens is 1. The maximum atomic E-state index is 14.0. The largest absolute Gasteiger partial charge is 0.351 e. The Bertz CT molecular complexity index is 1510. The molecule has 1 N–H and O–H groups in total. The van der Waals surface area contributed by atoms with Gasteiger partial charge in [-0.1, -0.05) is 29.8 Å². The molecule has 2 amide bonds. The van der Waals surface area contributed by atoms with Crippen LogP contribution in [-0.2, 0) is 18.6 Å². The third-order valence-electron chi connectivity index (χ3n) is 7.89. The Labute approximate surface area is 208 Å². The second-order valence-corrected chi connectivity index (χ2v) is 10.0. The molecular formula is C28H28FN5O2. The molecule has 0 spiro atoms. The Morgan fingerprint density at radius 3 is 2.56 bits per heavy atom. The van der Waals surface area contributed by atoms with E-state index in [-0.39, 0.29) is 29.7 Å². The summed E-state index contributed by atoms with van der Waals surface area (Å²) in [4.78, 5) is 33.7. The predicted molar refractivity (Wildman–Crippen MR) is 134 cm³/mol. The van der Waals surface area contributed by atoms with E-state index < -0.39 is 0 Å². The molecule has 2 aliphatic rings. The summed E-state index contributed by atoms with van der Waals surface area (Å²) in [6.45, 7) is 5.03. The van der Waals surface area contributed by atoms with Crippen molar-refractivity contribution in [3.63, 3.8) is 0 Å². The summed E-state index contributed by atoms with van der Waals surface area (Å²) in [5, 5.41) is 5.15. The highest BCUT2D eigenvalue weighted by Crippen LogP contribution is 2.51. The van der Waals surface area contributed by atoms with Gasteiger partial charge in [0.05, 0.1) is 36.1 Å². The van der Waals surface area contributed by atoms with Crippen molar-refractivity contribution >= 4 is 22.7 Å². The van der Waals surface area contributed by atoms with Crippen molar-refractivity contribution in [2.45, 2.75) is 45.3 Å². The molecule has 0 unspecified atom stereocenters. The van der Waals surface area contributed by atoms with E-state index in [4.69, 9.17) is 0 Å². The molecule has 0 atom stereocenters. The summed E-state index contributed by atoms with van der Waals surface area (Å²) < 4.78 is 15.8. The van der Waals surface area contributed by atoms with Crippen LogP contribution in [0.3, 0.4) is 0 Å². The molecule has 1 fully saturated rings. The highest BCUT2D eigenvalue weighted by Gasteiger charge is 2.50. The van der Waals surface area contributed by atoms with Crippen molar-refractivity contribution in [2.24, 2.45) is 0 Å². The lowest BCUT2D eigenvalue weighted by atomic mass is 10.0. The zero-order chi connectivity index (χ0) is 25.2. The first-order valence-electron chi connectivity index (χ1n) is 12.3. The molecular weight excluding hydrogens is 457 g/mol. The number of nitrogens with one attached hydrogen (secondary N) is 1. The summed E-state index contributed by atoms with van der Waals surface area (Å²) in [7, 11) is 1.86. The van der Waals surface area contributed by atoms with Crippen molar-refractivity contribution < 1.29 is 14.0 Å². The lowest BCUT2D eigenvalue weighted by Gasteiger charge is -2.31. The number of fused-ring (bicyclic) bond motifs is 2. The average Bonchev–Trinajstić information content (AvgIpc) is 3.39. The third-order valence-corrected chi connectivity index (χ3v) is 7.89. The minimum absolute atomic E-state index is 0.0830. The molecule has 1 saturated carbocycles. The Kier molecular flexibility index (Phi) is 5.03. The summed E-state index contributed by atoms with van der Waals surface area (Å²) in [5.74, 6) is -0.558. The molecule has 0 radical (unpaired) electrons. The van der Waals surface area contributed by atoms with Crippen molar-refractivity contribution in [2.75, 3.05) is 13.6 Å². The van der Waals surface area contributed by atoms with Crippen molar-refractivity contribution in [1.29, 1.82) is 0 Å². The van der Waals surface area contributed by atoms with Gasteiger partial charge in [-0.3, -0.25) is 14.3 Å². The Hall–Kier alpha value is -3.94. The zero-order valence-corrected chi connectivity index (χ0v) is 20.6. The highest BCUT2D eigenvalue weighted by atomic mass is 19.1. The minimum Gasteiger partial charge on any atom is -0.351 e. The van der Waals surface area contributed by atoms with Gasteiger partial charge in [0.25, 0.3) is 11.8 Å². The number of rotatable bonds is 4. The molecule has 2 aromatic carbocycles. The number of benzene rings is 2. The van der Waals surface area contributed by atoms with E-state index in [9.17, 15) is 14.0 Å². The molecule has 1 aliphatic carbocycles. The SMILES string of the molecule is Cc1ccc(C2(N(C)C(=O)c3cnn4c3CN(C(=O)c3cc5c(C)c(F)ccc5[nH]3)CC4)CC2)cc1. The van der Waals surface area contributed by atoms with E-state index in [0.29, 0.717) is 35.3 Å². The fourth-order valence-corrected chi connectivity index (χ4v) is 5.38. The Balaban J connectivity index is 1.26. The minimum atomic E-state index is -0.297. The number of aryl methyl sites for hydroxylation is 2. The van der Waals surface area contributed by atoms with Crippen LogP contribution in [-0.4, -0.2) is 50.0 Å². The maximum absolute atomic E-state index is 14.0. The maximum Gasteiger partial charge on any atom is 0.270 e. The van der Waals surface area contributed by atoms with Crippen molar-refractivity contribution in [1.82, 2.24) is 24.6 Å². The van der Waals surface area contributed by atoms with E-state index in [2.05, 4.69) is 41.3 Å². The van der Waals surface area contributed by atoms with Gasteiger partial charge < -0.3 is 14.8 Å². The monoisotopic (exact) mass is 485 g/mol. The number of hydrogen-bond acceptors (Lipinski definition) is 3. The first kappa shape index (κ1) is 22.5. The molecule has 184 valence electrons. The lowest BCUT2D eigenvalue weighted by Crippen LogP contribution is -2.41. The number of halogens is 1. The van der Waals surface area contributed by atoms with Crippen LogP contribution < -0.4 is 0 Å². The Morgan fingerprint density at radius 2 is 1.83 bits per heavy atom. The van der Waals surface area contributed by atoms with Gasteiger partial charge in [0.2, 0.25) is 0 Å². The molecule has 4 aromatic rings. The smallest absolute Gasteiger partial charge is 0.270 e.